The largest absolute Gasteiger partial charge is 0.468 e. The van der Waals surface area contributed by atoms with E-state index in [0.29, 0.717) is 13.1 Å². The van der Waals surface area contributed by atoms with Crippen LogP contribution >= 0.6 is 0 Å². The first-order valence-corrected chi connectivity index (χ1v) is 5.67. The average molecular weight is 236 g/mol. The first-order chi connectivity index (χ1) is 8.17. The third-order valence-electron chi connectivity index (χ3n) is 2.71. The van der Waals surface area contributed by atoms with Crippen molar-refractivity contribution < 1.29 is 9.53 Å². The van der Waals surface area contributed by atoms with E-state index in [9.17, 15) is 4.79 Å². The summed E-state index contributed by atoms with van der Waals surface area (Å²) in [5, 5.41) is 0. The van der Waals surface area contributed by atoms with Crippen molar-refractivity contribution in [2.75, 3.05) is 33.8 Å². The number of carbonyl (C=O) groups is 1. The Kier molecular flexibility index (Phi) is 5.66. The highest BCUT2D eigenvalue weighted by atomic mass is 16.5. The monoisotopic (exact) mass is 236 g/mol. The van der Waals surface area contributed by atoms with Crippen molar-refractivity contribution in [3.05, 3.63) is 35.9 Å². The van der Waals surface area contributed by atoms with E-state index in [1.165, 1.54) is 12.7 Å². The fourth-order valence-electron chi connectivity index (χ4n) is 1.77. The lowest BCUT2D eigenvalue weighted by Crippen LogP contribution is -2.33. The van der Waals surface area contributed by atoms with Crippen molar-refractivity contribution in [2.24, 2.45) is 5.73 Å². The van der Waals surface area contributed by atoms with E-state index in [0.717, 1.165) is 6.54 Å². The van der Waals surface area contributed by atoms with Crippen LogP contribution in [0.5, 0.6) is 0 Å². The van der Waals surface area contributed by atoms with Crippen molar-refractivity contribution in [1.29, 1.82) is 0 Å². The van der Waals surface area contributed by atoms with Crippen molar-refractivity contribution in [3.8, 4) is 0 Å². The van der Waals surface area contributed by atoms with Gasteiger partial charge in [0.1, 0.15) is 0 Å². The number of nitrogens with zero attached hydrogens (tertiary/aromatic N) is 1. The van der Waals surface area contributed by atoms with Crippen LogP contribution in [0.4, 0.5) is 0 Å². The third kappa shape index (κ3) is 4.54. The number of carbonyl (C=O) groups excluding carboxylic acids is 1. The molecular formula is C13H20N2O2. The summed E-state index contributed by atoms with van der Waals surface area (Å²) in [5.41, 5.74) is 6.97. The minimum atomic E-state index is -0.226. The van der Waals surface area contributed by atoms with Crippen LogP contribution in [-0.4, -0.2) is 44.7 Å². The first-order valence-electron chi connectivity index (χ1n) is 5.67. The lowest BCUT2D eigenvalue weighted by molar-refractivity contribution is -0.141. The van der Waals surface area contributed by atoms with Crippen LogP contribution in [0.3, 0.4) is 0 Å². The molecule has 0 aliphatic rings. The minimum Gasteiger partial charge on any atom is -0.468 e. The summed E-state index contributed by atoms with van der Waals surface area (Å²) >= 11 is 0. The zero-order valence-corrected chi connectivity index (χ0v) is 10.4. The fraction of sp³-hybridized carbons (Fsp3) is 0.462. The number of likely N-dealkylation sites (N-methyl/N-ethyl adjacent to an activating group) is 1. The normalized spacial score (nSPS) is 12.5. The van der Waals surface area contributed by atoms with Crippen molar-refractivity contribution in [2.45, 2.75) is 5.92 Å². The quantitative estimate of drug-likeness (QED) is 0.743. The van der Waals surface area contributed by atoms with Gasteiger partial charge in [-0.05, 0) is 12.6 Å². The lowest BCUT2D eigenvalue weighted by atomic mass is 9.99. The Morgan fingerprint density at radius 2 is 2.06 bits per heavy atom. The van der Waals surface area contributed by atoms with E-state index in [-0.39, 0.29) is 11.9 Å². The molecule has 0 aromatic heterocycles. The van der Waals surface area contributed by atoms with Gasteiger partial charge in [-0.1, -0.05) is 30.3 Å². The summed E-state index contributed by atoms with van der Waals surface area (Å²) in [6, 6.07) is 10.1. The summed E-state index contributed by atoms with van der Waals surface area (Å²) < 4.78 is 4.63. The molecular weight excluding hydrogens is 216 g/mol. The minimum absolute atomic E-state index is 0.226. The molecule has 17 heavy (non-hydrogen) atoms. The zero-order valence-electron chi connectivity index (χ0n) is 10.4. The second-order valence-corrected chi connectivity index (χ2v) is 4.12. The van der Waals surface area contributed by atoms with Gasteiger partial charge in [0.15, 0.2) is 0 Å². The molecule has 0 radical (unpaired) electrons. The summed E-state index contributed by atoms with van der Waals surface area (Å²) in [4.78, 5) is 13.1. The molecule has 0 aliphatic carbocycles. The molecule has 1 rings (SSSR count). The number of ether oxygens (including phenoxy) is 1. The molecule has 1 aromatic carbocycles. The van der Waals surface area contributed by atoms with E-state index in [1.54, 1.807) is 0 Å². The van der Waals surface area contributed by atoms with E-state index >= 15 is 0 Å². The van der Waals surface area contributed by atoms with Gasteiger partial charge in [0.25, 0.3) is 0 Å². The van der Waals surface area contributed by atoms with Crippen LogP contribution in [0, 0.1) is 0 Å². The number of rotatable bonds is 6. The summed E-state index contributed by atoms with van der Waals surface area (Å²) in [5.74, 6) is 0.0159. The van der Waals surface area contributed by atoms with Crippen LogP contribution in [0.15, 0.2) is 30.3 Å². The molecule has 4 nitrogen and oxygen atoms in total. The van der Waals surface area contributed by atoms with Gasteiger partial charge in [0.2, 0.25) is 0 Å². The highest BCUT2D eigenvalue weighted by molar-refractivity contribution is 5.71. The fourth-order valence-corrected chi connectivity index (χ4v) is 1.77. The Labute approximate surface area is 102 Å². The van der Waals surface area contributed by atoms with E-state index in [1.807, 2.05) is 30.1 Å². The second-order valence-electron chi connectivity index (χ2n) is 4.12. The summed E-state index contributed by atoms with van der Waals surface area (Å²) in [6.45, 7) is 1.60. The standard InChI is InChI=1S/C13H20N2O2/c1-15(10-13(16)17-2)9-12(8-14)11-6-4-3-5-7-11/h3-7,12H,8-10,14H2,1-2H3. The number of benzene rings is 1. The maximum absolute atomic E-state index is 11.1. The smallest absolute Gasteiger partial charge is 0.319 e. The molecule has 0 saturated heterocycles. The predicted molar refractivity (Wildman–Crippen MR) is 67.8 cm³/mol. The van der Waals surface area contributed by atoms with Crippen LogP contribution < -0.4 is 5.73 Å². The molecule has 0 amide bonds. The number of esters is 1. The zero-order chi connectivity index (χ0) is 12.7. The van der Waals surface area contributed by atoms with Crippen LogP contribution in [-0.2, 0) is 9.53 Å². The highest BCUT2D eigenvalue weighted by Crippen LogP contribution is 2.14. The summed E-state index contributed by atoms with van der Waals surface area (Å²) in [6.07, 6.45) is 0. The molecule has 2 N–H and O–H groups in total. The topological polar surface area (TPSA) is 55.6 Å². The Hall–Kier alpha value is -1.39. The first kappa shape index (κ1) is 13.7. The maximum Gasteiger partial charge on any atom is 0.319 e. The van der Waals surface area contributed by atoms with Crippen molar-refractivity contribution in [3.63, 3.8) is 0 Å². The number of hydrogen-bond acceptors (Lipinski definition) is 4. The molecule has 0 bridgehead atoms. The molecule has 1 atom stereocenters. The molecule has 0 spiro atoms. The Morgan fingerprint density at radius 1 is 1.41 bits per heavy atom. The predicted octanol–water partition coefficient (Wildman–Crippen LogP) is 0.834. The van der Waals surface area contributed by atoms with Crippen LogP contribution in [0.25, 0.3) is 0 Å². The van der Waals surface area contributed by atoms with Gasteiger partial charge in [-0.25, -0.2) is 0 Å². The number of methoxy groups -OCH3 is 1. The molecule has 0 saturated carbocycles. The molecule has 1 aromatic rings. The summed E-state index contributed by atoms with van der Waals surface area (Å²) in [7, 11) is 3.29. The van der Waals surface area contributed by atoms with Gasteiger partial charge in [0.05, 0.1) is 13.7 Å². The van der Waals surface area contributed by atoms with Gasteiger partial charge in [0, 0.05) is 19.0 Å². The average Bonchev–Trinajstić information content (AvgIpc) is 2.36. The van der Waals surface area contributed by atoms with Gasteiger partial charge in [-0.15, -0.1) is 0 Å². The van der Waals surface area contributed by atoms with Crippen molar-refractivity contribution >= 4 is 5.97 Å². The van der Waals surface area contributed by atoms with Gasteiger partial charge in [-0.3, -0.25) is 9.69 Å². The molecule has 4 heteroatoms. The highest BCUT2D eigenvalue weighted by Gasteiger charge is 2.14. The lowest BCUT2D eigenvalue weighted by Gasteiger charge is -2.22. The number of hydrogen-bond donors (Lipinski definition) is 1. The van der Waals surface area contributed by atoms with Gasteiger partial charge >= 0.3 is 5.97 Å². The van der Waals surface area contributed by atoms with Crippen LogP contribution in [0.2, 0.25) is 0 Å². The SMILES string of the molecule is COC(=O)CN(C)CC(CN)c1ccccc1. The van der Waals surface area contributed by atoms with Gasteiger partial charge in [-0.2, -0.15) is 0 Å². The molecule has 0 aliphatic heterocycles. The van der Waals surface area contributed by atoms with Crippen molar-refractivity contribution in [1.82, 2.24) is 4.90 Å². The van der Waals surface area contributed by atoms with Gasteiger partial charge < -0.3 is 10.5 Å². The number of nitrogens with two attached hydrogens (primary N) is 1. The Balaban J connectivity index is 2.55. The van der Waals surface area contributed by atoms with Crippen LogP contribution in [0.1, 0.15) is 11.5 Å². The Morgan fingerprint density at radius 3 is 2.59 bits per heavy atom. The van der Waals surface area contributed by atoms with E-state index in [4.69, 9.17) is 5.73 Å². The maximum atomic E-state index is 11.1. The Bertz CT molecular complexity index is 341. The third-order valence-corrected chi connectivity index (χ3v) is 2.71. The van der Waals surface area contributed by atoms with E-state index < -0.39 is 0 Å². The molecule has 0 heterocycles. The molecule has 1 unspecified atom stereocenters. The van der Waals surface area contributed by atoms with E-state index in [2.05, 4.69) is 16.9 Å². The molecule has 94 valence electrons. The molecule has 0 fully saturated rings. The second kappa shape index (κ2) is 7.04.